The molecule has 0 amide bonds. The van der Waals surface area contributed by atoms with Crippen molar-refractivity contribution in [3.05, 3.63) is 47.9 Å². The van der Waals surface area contributed by atoms with Gasteiger partial charge < -0.3 is 9.90 Å². The average Bonchev–Trinajstić information content (AvgIpc) is 2.68. The summed E-state index contributed by atoms with van der Waals surface area (Å²) in [5.74, 6) is 1.14. The third kappa shape index (κ3) is 5.04. The molecule has 1 aliphatic rings. The van der Waals surface area contributed by atoms with Gasteiger partial charge in [-0.25, -0.2) is 0 Å². The molecule has 1 N–H and O–H groups in total. The van der Waals surface area contributed by atoms with Gasteiger partial charge in [0.15, 0.2) is 8.07 Å². The lowest BCUT2D eigenvalue weighted by molar-refractivity contribution is 0.226. The van der Waals surface area contributed by atoms with Crippen LogP contribution in [-0.2, 0) is 11.3 Å². The van der Waals surface area contributed by atoms with Gasteiger partial charge in [-0.1, -0.05) is 68.3 Å². The van der Waals surface area contributed by atoms with Crippen LogP contribution in [0.5, 0.6) is 0 Å². The molecule has 1 saturated heterocycles. The van der Waals surface area contributed by atoms with Gasteiger partial charge in [-0.05, 0) is 24.9 Å². The molecule has 0 saturated carbocycles. The van der Waals surface area contributed by atoms with Crippen LogP contribution in [0, 0.1) is 0 Å². The van der Waals surface area contributed by atoms with Crippen molar-refractivity contribution in [1.82, 2.24) is 4.90 Å². The highest BCUT2D eigenvalue weighted by Crippen LogP contribution is 2.25. The summed E-state index contributed by atoms with van der Waals surface area (Å²) < 4.78 is 0. The van der Waals surface area contributed by atoms with Gasteiger partial charge in [-0.15, -0.1) is 0 Å². The Bertz CT molecular complexity index is 505. The van der Waals surface area contributed by atoms with Crippen LogP contribution in [0.1, 0.15) is 44.1 Å². The predicted octanol–water partition coefficient (Wildman–Crippen LogP) is 4.21. The van der Waals surface area contributed by atoms with Crippen molar-refractivity contribution in [1.29, 1.82) is 0 Å². The number of benzene rings is 1. The number of aliphatic hydroxyl groups excluding tert-OH is 1. The number of hydrogen-bond acceptors (Lipinski definition) is 3. The minimum Gasteiger partial charge on any atom is -0.516 e. The van der Waals surface area contributed by atoms with Gasteiger partial charge in [0.1, 0.15) is 5.91 Å². The molecule has 0 aromatic heterocycles. The van der Waals surface area contributed by atoms with Crippen molar-refractivity contribution >= 4 is 14.0 Å². The number of nitrogens with zero attached hydrogens (tertiary/aromatic N) is 1. The molecule has 2 unspecified atom stereocenters. The van der Waals surface area contributed by atoms with Crippen LogP contribution in [0.4, 0.5) is 0 Å². The maximum atomic E-state index is 11.9. The zero-order chi connectivity index (χ0) is 16.5. The summed E-state index contributed by atoms with van der Waals surface area (Å²) in [6, 6.07) is 10.5. The highest BCUT2D eigenvalue weighted by atomic mass is 28.3. The first-order chi connectivity index (χ1) is 11.2. The van der Waals surface area contributed by atoms with E-state index < -0.39 is 8.07 Å². The van der Waals surface area contributed by atoms with Crippen LogP contribution in [0.3, 0.4) is 0 Å². The second-order valence-corrected chi connectivity index (χ2v) is 10.8. The molecule has 1 aromatic rings. The van der Waals surface area contributed by atoms with Crippen LogP contribution in [0.15, 0.2) is 42.3 Å². The maximum Gasteiger partial charge on any atom is 0.169 e. The van der Waals surface area contributed by atoms with E-state index in [0.717, 1.165) is 31.7 Å². The normalized spacial score (nSPS) is 23.6. The minimum atomic E-state index is -2.30. The molecule has 1 heterocycles. The topological polar surface area (TPSA) is 40.5 Å². The third-order valence-corrected chi connectivity index (χ3v) is 8.46. The monoisotopic (exact) mass is 331 g/mol. The first kappa shape index (κ1) is 18.0. The van der Waals surface area contributed by atoms with Crippen molar-refractivity contribution in [2.75, 3.05) is 6.54 Å². The molecular weight excluding hydrogens is 302 g/mol. The standard InChI is InChI=1S/C19H29NO2Si/c1-23(17-22,15-14-21)19-12-8-3-2-4-9-13-20(19)16-18-10-6-5-7-11-18/h5-7,10-11,14-15,17,19,21H,2-4,8-9,12-13,16H2,1H3/b15-14-. The number of carbonyl (C=O) groups excluding carboxylic acids is 1. The van der Waals surface area contributed by atoms with E-state index in [4.69, 9.17) is 0 Å². The summed E-state index contributed by atoms with van der Waals surface area (Å²) in [4.78, 5) is 14.4. The molecule has 2 atom stereocenters. The third-order valence-electron chi connectivity index (χ3n) is 5.00. The number of aliphatic hydroxyl groups is 1. The van der Waals surface area contributed by atoms with Crippen molar-refractivity contribution in [3.8, 4) is 0 Å². The Morgan fingerprint density at radius 1 is 1.17 bits per heavy atom. The van der Waals surface area contributed by atoms with Crippen LogP contribution in [0.2, 0.25) is 6.55 Å². The quantitative estimate of drug-likeness (QED) is 0.499. The Labute approximate surface area is 141 Å². The van der Waals surface area contributed by atoms with E-state index in [1.807, 2.05) is 6.07 Å². The molecule has 0 bridgehead atoms. The molecular formula is C19H29NO2Si. The van der Waals surface area contributed by atoms with Crippen LogP contribution in [0.25, 0.3) is 0 Å². The van der Waals surface area contributed by atoms with Gasteiger partial charge in [0, 0.05) is 12.2 Å². The number of hydrogen-bond donors (Lipinski definition) is 1. The van der Waals surface area contributed by atoms with E-state index in [1.54, 1.807) is 5.70 Å². The number of rotatable bonds is 5. The van der Waals surface area contributed by atoms with Crippen molar-refractivity contribution < 1.29 is 9.90 Å². The van der Waals surface area contributed by atoms with E-state index in [2.05, 4.69) is 35.7 Å². The molecule has 0 spiro atoms. The van der Waals surface area contributed by atoms with Crippen LogP contribution in [-0.4, -0.2) is 36.2 Å². The Morgan fingerprint density at radius 3 is 2.57 bits per heavy atom. The van der Waals surface area contributed by atoms with E-state index in [0.29, 0.717) is 0 Å². The van der Waals surface area contributed by atoms with Crippen LogP contribution < -0.4 is 0 Å². The van der Waals surface area contributed by atoms with E-state index in [1.165, 1.54) is 37.7 Å². The van der Waals surface area contributed by atoms with Gasteiger partial charge >= 0.3 is 0 Å². The second-order valence-electron chi connectivity index (χ2n) is 6.83. The lowest BCUT2D eigenvalue weighted by atomic mass is 10.1. The average molecular weight is 332 g/mol. The lowest BCUT2D eigenvalue weighted by Gasteiger charge is -2.38. The second kappa shape index (κ2) is 9.04. The molecule has 0 radical (unpaired) electrons. The summed E-state index contributed by atoms with van der Waals surface area (Å²) in [6.45, 7) is 4.00. The molecule has 126 valence electrons. The van der Waals surface area contributed by atoms with E-state index in [-0.39, 0.29) is 5.67 Å². The van der Waals surface area contributed by atoms with Gasteiger partial charge in [0.05, 0.1) is 6.26 Å². The zero-order valence-electron chi connectivity index (χ0n) is 14.2. The molecule has 1 aromatic carbocycles. The maximum absolute atomic E-state index is 11.9. The van der Waals surface area contributed by atoms with E-state index >= 15 is 0 Å². The molecule has 0 aliphatic carbocycles. The van der Waals surface area contributed by atoms with Gasteiger partial charge in [0.25, 0.3) is 0 Å². The Kier molecular flexibility index (Phi) is 7.05. The summed E-state index contributed by atoms with van der Waals surface area (Å²) >= 11 is 0. The summed E-state index contributed by atoms with van der Waals surface area (Å²) in [5, 5.41) is 9.30. The summed E-state index contributed by atoms with van der Waals surface area (Å²) in [5.41, 5.74) is 3.36. The molecule has 23 heavy (non-hydrogen) atoms. The smallest absolute Gasteiger partial charge is 0.169 e. The highest BCUT2D eigenvalue weighted by Gasteiger charge is 2.38. The van der Waals surface area contributed by atoms with Crippen molar-refractivity contribution in [2.45, 2.75) is 57.3 Å². The Hall–Kier alpha value is -1.39. The SMILES string of the molecule is C[Si](C=O)(/C=C\O)C1CCCCCCCN1Cc1ccccc1. The summed E-state index contributed by atoms with van der Waals surface area (Å²) in [7, 11) is -2.30. The minimum absolute atomic E-state index is 0.265. The van der Waals surface area contributed by atoms with Crippen molar-refractivity contribution in [2.24, 2.45) is 0 Å². The Balaban J connectivity index is 2.26. The molecule has 2 rings (SSSR count). The van der Waals surface area contributed by atoms with Crippen molar-refractivity contribution in [3.63, 3.8) is 0 Å². The first-order valence-corrected chi connectivity index (χ1v) is 11.5. The van der Waals surface area contributed by atoms with Gasteiger partial charge in [0.2, 0.25) is 0 Å². The fraction of sp³-hybridized carbons (Fsp3) is 0.526. The first-order valence-electron chi connectivity index (χ1n) is 8.76. The van der Waals surface area contributed by atoms with Gasteiger partial charge in [-0.3, -0.25) is 4.90 Å². The molecule has 1 fully saturated rings. The van der Waals surface area contributed by atoms with E-state index in [9.17, 15) is 9.90 Å². The Morgan fingerprint density at radius 2 is 1.87 bits per heavy atom. The van der Waals surface area contributed by atoms with Gasteiger partial charge in [-0.2, -0.15) is 0 Å². The molecule has 1 aliphatic heterocycles. The predicted molar refractivity (Wildman–Crippen MR) is 98.5 cm³/mol. The number of carbonyl (C=O) groups is 1. The highest BCUT2D eigenvalue weighted by molar-refractivity contribution is 7.05. The molecule has 4 heteroatoms. The lowest BCUT2D eigenvalue weighted by Crippen LogP contribution is -2.55. The fourth-order valence-corrected chi connectivity index (χ4v) is 6.23. The summed E-state index contributed by atoms with van der Waals surface area (Å²) in [6.07, 6.45) is 8.32. The van der Waals surface area contributed by atoms with Crippen LogP contribution >= 0.6 is 0 Å². The fourth-order valence-electron chi connectivity index (χ4n) is 3.62. The zero-order valence-corrected chi connectivity index (χ0v) is 15.2. The molecule has 3 nitrogen and oxygen atoms in total. The largest absolute Gasteiger partial charge is 0.516 e.